The van der Waals surface area contributed by atoms with Gasteiger partial charge in [-0.15, -0.1) is 5.10 Å². The summed E-state index contributed by atoms with van der Waals surface area (Å²) < 4.78 is 38.2. The number of nitrogens with zero attached hydrogens (tertiary/aromatic N) is 2. The van der Waals surface area contributed by atoms with Crippen LogP contribution in [0, 0.1) is 0 Å². The number of benzene rings is 1. The Kier molecular flexibility index (Phi) is 5.61. The van der Waals surface area contributed by atoms with Crippen molar-refractivity contribution in [1.82, 2.24) is 13.5 Å². The zero-order valence-electron chi connectivity index (χ0n) is 10.9. The zero-order chi connectivity index (χ0) is 16.1. The zero-order valence-corrected chi connectivity index (χ0v) is 13.4. The first kappa shape index (κ1) is 16.6. The smallest absolute Gasteiger partial charge is 0.387 e. The van der Waals surface area contributed by atoms with E-state index in [4.69, 9.17) is 4.74 Å². The van der Waals surface area contributed by atoms with Crippen molar-refractivity contribution in [2.24, 2.45) is 0 Å². The minimum absolute atomic E-state index is 0.139. The fourth-order valence-electron chi connectivity index (χ4n) is 1.71. The molecule has 1 heterocycles. The molecule has 1 N–H and O–H groups in total. The van der Waals surface area contributed by atoms with Gasteiger partial charge < -0.3 is 9.47 Å². The number of hydrogen-bond acceptors (Lipinski definition) is 5. The van der Waals surface area contributed by atoms with Crippen molar-refractivity contribution in [3.05, 3.63) is 41.6 Å². The van der Waals surface area contributed by atoms with Crippen molar-refractivity contribution < 1.29 is 23.0 Å². The first-order valence-corrected chi connectivity index (χ1v) is 7.06. The topological polar surface area (TPSA) is 65.4 Å². The summed E-state index contributed by atoms with van der Waals surface area (Å²) >= 11 is 6.76. The third-order valence-corrected chi connectivity index (χ3v) is 3.18. The van der Waals surface area contributed by atoms with Gasteiger partial charge in [-0.05, 0) is 24.9 Å². The molecule has 0 radical (unpaired) electrons. The first-order valence-electron chi connectivity index (χ1n) is 5.86. The lowest BCUT2D eigenvalue weighted by molar-refractivity contribution is -0.0509. The third kappa shape index (κ3) is 4.10. The molecule has 1 aromatic carbocycles. The minimum atomic E-state index is -3.02. The maximum atomic E-state index is 12.5. The van der Waals surface area contributed by atoms with Crippen molar-refractivity contribution in [2.75, 3.05) is 0 Å². The molecular weight excluding hydrogens is 384 g/mol. The second kappa shape index (κ2) is 7.45. The standard InChI is InChI=1S/C12H10BrF2N3O3S/c13-16-11(19)7-2-1-3-9(21-12(14)15)8(7)6-20-10-4-5-18(22)17-10/h1-5,12,22H,6H2,(H,16,19). The van der Waals surface area contributed by atoms with Crippen LogP contribution in [0.15, 0.2) is 30.5 Å². The lowest BCUT2D eigenvalue weighted by Crippen LogP contribution is -2.17. The maximum Gasteiger partial charge on any atom is 0.387 e. The van der Waals surface area contributed by atoms with E-state index in [1.54, 1.807) is 0 Å². The number of thiol groups is 1. The van der Waals surface area contributed by atoms with Crippen LogP contribution in [0.1, 0.15) is 15.9 Å². The molecule has 0 unspecified atom stereocenters. The molecule has 1 amide bonds. The van der Waals surface area contributed by atoms with Crippen molar-refractivity contribution in [1.29, 1.82) is 0 Å². The number of halogens is 3. The van der Waals surface area contributed by atoms with E-state index in [0.29, 0.717) is 0 Å². The van der Waals surface area contributed by atoms with Crippen LogP contribution in [0.5, 0.6) is 11.6 Å². The van der Waals surface area contributed by atoms with E-state index < -0.39 is 12.5 Å². The number of rotatable bonds is 6. The molecule has 118 valence electrons. The van der Waals surface area contributed by atoms with Crippen LogP contribution < -0.4 is 13.8 Å². The van der Waals surface area contributed by atoms with Gasteiger partial charge in [-0.2, -0.15) is 8.78 Å². The average Bonchev–Trinajstić information content (AvgIpc) is 2.90. The highest BCUT2D eigenvalue weighted by Gasteiger charge is 2.18. The van der Waals surface area contributed by atoms with Gasteiger partial charge >= 0.3 is 6.61 Å². The Balaban J connectivity index is 2.29. The van der Waals surface area contributed by atoms with E-state index in [9.17, 15) is 13.6 Å². The molecule has 0 saturated heterocycles. The minimum Gasteiger partial charge on any atom is -0.472 e. The van der Waals surface area contributed by atoms with Crippen LogP contribution in [0.3, 0.4) is 0 Å². The normalized spacial score (nSPS) is 10.6. The van der Waals surface area contributed by atoms with Crippen LogP contribution >= 0.6 is 29.0 Å². The van der Waals surface area contributed by atoms with Gasteiger partial charge in [0.25, 0.3) is 5.91 Å². The molecule has 0 aliphatic carbocycles. The van der Waals surface area contributed by atoms with Crippen molar-refractivity contribution >= 4 is 34.9 Å². The molecule has 0 aliphatic rings. The van der Waals surface area contributed by atoms with E-state index in [-0.39, 0.29) is 29.4 Å². The highest BCUT2D eigenvalue weighted by atomic mass is 79.9. The van der Waals surface area contributed by atoms with Crippen molar-refractivity contribution in [3.8, 4) is 11.6 Å². The van der Waals surface area contributed by atoms with Gasteiger partial charge in [-0.1, -0.05) is 6.07 Å². The lowest BCUT2D eigenvalue weighted by Gasteiger charge is -2.14. The Morgan fingerprint density at radius 1 is 1.45 bits per heavy atom. The second-order valence-corrected chi connectivity index (χ2v) is 4.75. The van der Waals surface area contributed by atoms with Crippen LogP contribution in [-0.2, 0) is 6.61 Å². The molecule has 0 fully saturated rings. The number of alkyl halides is 2. The Hall–Kier alpha value is -1.81. The number of amides is 1. The van der Waals surface area contributed by atoms with Crippen molar-refractivity contribution in [2.45, 2.75) is 13.2 Å². The van der Waals surface area contributed by atoms with Crippen LogP contribution in [0.4, 0.5) is 8.78 Å². The number of hydrogen-bond donors (Lipinski definition) is 2. The molecule has 22 heavy (non-hydrogen) atoms. The van der Waals surface area contributed by atoms with Gasteiger partial charge in [0.1, 0.15) is 12.4 Å². The van der Waals surface area contributed by atoms with E-state index in [2.05, 4.69) is 43.1 Å². The molecular formula is C12H10BrF2N3O3S. The van der Waals surface area contributed by atoms with Gasteiger partial charge in [0, 0.05) is 34.0 Å². The first-order chi connectivity index (χ1) is 10.5. The van der Waals surface area contributed by atoms with E-state index >= 15 is 0 Å². The lowest BCUT2D eigenvalue weighted by atomic mass is 10.1. The van der Waals surface area contributed by atoms with Gasteiger partial charge in [-0.3, -0.25) is 9.14 Å². The predicted octanol–water partition coefficient (Wildman–Crippen LogP) is 2.80. The molecule has 2 rings (SSSR count). The molecule has 6 nitrogen and oxygen atoms in total. The predicted molar refractivity (Wildman–Crippen MR) is 80.4 cm³/mol. The Bertz CT molecular complexity index is 669. The maximum absolute atomic E-state index is 12.5. The summed E-state index contributed by atoms with van der Waals surface area (Å²) in [6, 6.07) is 5.76. The highest BCUT2D eigenvalue weighted by Crippen LogP contribution is 2.26. The van der Waals surface area contributed by atoms with Gasteiger partial charge in [0.2, 0.25) is 5.88 Å². The Labute approximate surface area is 138 Å². The molecule has 0 bridgehead atoms. The number of carbonyl (C=O) groups excluding carboxylic acids is 1. The van der Waals surface area contributed by atoms with E-state index in [0.717, 1.165) is 0 Å². The Morgan fingerprint density at radius 3 is 2.82 bits per heavy atom. The molecule has 0 saturated carbocycles. The van der Waals surface area contributed by atoms with Gasteiger partial charge in [-0.25, -0.2) is 4.09 Å². The summed E-state index contributed by atoms with van der Waals surface area (Å²) in [6.07, 6.45) is 1.53. The fraction of sp³-hybridized carbons (Fsp3) is 0.167. The highest BCUT2D eigenvalue weighted by molar-refractivity contribution is 9.08. The van der Waals surface area contributed by atoms with E-state index in [1.165, 1.54) is 34.5 Å². The summed E-state index contributed by atoms with van der Waals surface area (Å²) in [6.45, 7) is -3.19. The Morgan fingerprint density at radius 2 is 2.23 bits per heavy atom. The monoisotopic (exact) mass is 393 g/mol. The van der Waals surface area contributed by atoms with Crippen LogP contribution in [0.25, 0.3) is 0 Å². The van der Waals surface area contributed by atoms with Crippen molar-refractivity contribution in [3.63, 3.8) is 0 Å². The quantitative estimate of drug-likeness (QED) is 0.584. The van der Waals surface area contributed by atoms with Crippen LogP contribution in [0.2, 0.25) is 0 Å². The summed E-state index contributed by atoms with van der Waals surface area (Å²) in [4.78, 5) is 11.8. The molecule has 1 aromatic heterocycles. The summed E-state index contributed by atoms with van der Waals surface area (Å²) in [5, 5.41) is 3.87. The van der Waals surface area contributed by atoms with Gasteiger partial charge in [0.05, 0.1) is 5.56 Å². The largest absolute Gasteiger partial charge is 0.472 e. The number of aromatic nitrogens is 2. The number of ether oxygens (including phenoxy) is 2. The third-order valence-electron chi connectivity index (χ3n) is 2.60. The van der Waals surface area contributed by atoms with E-state index in [1.807, 2.05) is 0 Å². The molecule has 0 atom stereocenters. The SMILES string of the molecule is O=C(NBr)c1cccc(OC(F)F)c1COc1ccn(S)n1. The number of carbonyl (C=O) groups is 1. The summed E-state index contributed by atoms with van der Waals surface area (Å²) in [7, 11) is 0. The average molecular weight is 394 g/mol. The molecule has 0 aliphatic heterocycles. The molecule has 2 aromatic rings. The van der Waals surface area contributed by atoms with Crippen LogP contribution in [-0.4, -0.2) is 21.7 Å². The summed E-state index contributed by atoms with van der Waals surface area (Å²) in [5.41, 5.74) is 0.314. The molecule has 10 heteroatoms. The fourth-order valence-corrected chi connectivity index (χ4v) is 2.07. The van der Waals surface area contributed by atoms with Gasteiger partial charge in [0.15, 0.2) is 0 Å². The number of nitrogens with one attached hydrogen (secondary N) is 1. The second-order valence-electron chi connectivity index (χ2n) is 3.95. The summed E-state index contributed by atoms with van der Waals surface area (Å²) in [5.74, 6) is -0.431. The molecule has 0 spiro atoms.